The molecule has 0 aromatic carbocycles. The Bertz CT molecular complexity index is 260. The fourth-order valence-electron chi connectivity index (χ4n) is 0.671. The van der Waals surface area contributed by atoms with Gasteiger partial charge in [-0.3, -0.25) is 4.55 Å². The summed E-state index contributed by atoms with van der Waals surface area (Å²) in [6.45, 7) is -1.45. The van der Waals surface area contributed by atoms with Crippen molar-refractivity contribution in [3.8, 4) is 0 Å². The maximum atomic E-state index is 8.96. The SMILES string of the molecule is O=S(=O)([O-])O.OC[C@@H](O)[C@@H](O)[C@H](O)[C@@H](O)CO.[K+]. The van der Waals surface area contributed by atoms with Gasteiger partial charge in [-0.15, -0.1) is 0 Å². The summed E-state index contributed by atoms with van der Waals surface area (Å²) in [5, 5.41) is 52.2. The topological polar surface area (TPSA) is 199 Å². The predicted molar refractivity (Wildman–Crippen MR) is 50.5 cm³/mol. The number of hydrogen-bond acceptors (Lipinski definition) is 9. The summed E-state index contributed by atoms with van der Waals surface area (Å²) in [5.41, 5.74) is 0. The van der Waals surface area contributed by atoms with Gasteiger partial charge in [0.15, 0.2) is 0 Å². The summed E-state index contributed by atoms with van der Waals surface area (Å²) in [6.07, 6.45) is -6.39. The molecule has 0 bridgehead atoms. The van der Waals surface area contributed by atoms with E-state index in [2.05, 4.69) is 0 Å². The molecular weight excluding hydrogens is 303 g/mol. The maximum Gasteiger partial charge on any atom is 1.00 e. The Balaban J connectivity index is -0.000000321. The van der Waals surface area contributed by atoms with Gasteiger partial charge >= 0.3 is 51.4 Å². The third kappa shape index (κ3) is 15.3. The fraction of sp³-hybridized carbons (Fsp3) is 1.00. The van der Waals surface area contributed by atoms with Crippen LogP contribution in [0.4, 0.5) is 0 Å². The fourth-order valence-corrected chi connectivity index (χ4v) is 0.671. The van der Waals surface area contributed by atoms with Crippen LogP contribution in [0, 0.1) is 0 Å². The van der Waals surface area contributed by atoms with Crippen LogP contribution in [-0.2, 0) is 10.4 Å². The van der Waals surface area contributed by atoms with Gasteiger partial charge in [0.1, 0.15) is 24.4 Å². The average molecular weight is 318 g/mol. The molecule has 12 heteroatoms. The summed E-state index contributed by atoms with van der Waals surface area (Å²) in [5.74, 6) is 0. The summed E-state index contributed by atoms with van der Waals surface area (Å²) in [7, 11) is -4.92. The van der Waals surface area contributed by atoms with Crippen LogP contribution in [-0.4, -0.2) is 85.8 Å². The quantitative estimate of drug-likeness (QED) is 0.145. The van der Waals surface area contributed by atoms with Gasteiger partial charge in [-0.2, -0.15) is 0 Å². The van der Waals surface area contributed by atoms with Crippen molar-refractivity contribution in [2.45, 2.75) is 24.4 Å². The van der Waals surface area contributed by atoms with Crippen LogP contribution in [0.5, 0.6) is 0 Å². The van der Waals surface area contributed by atoms with Crippen molar-refractivity contribution < 1.29 is 99.5 Å². The monoisotopic (exact) mass is 318 g/mol. The van der Waals surface area contributed by atoms with E-state index in [1.54, 1.807) is 0 Å². The summed E-state index contributed by atoms with van der Waals surface area (Å²) in [6, 6.07) is 0. The number of hydrogen-bond donors (Lipinski definition) is 7. The Labute approximate surface area is 146 Å². The van der Waals surface area contributed by atoms with E-state index in [0.29, 0.717) is 0 Å². The molecule has 0 aliphatic carbocycles. The van der Waals surface area contributed by atoms with E-state index in [4.69, 9.17) is 48.2 Å². The number of rotatable bonds is 5. The molecule has 0 heterocycles. The summed E-state index contributed by atoms with van der Waals surface area (Å²) >= 11 is 0. The maximum absolute atomic E-state index is 8.96. The van der Waals surface area contributed by atoms with Crippen LogP contribution in [0.3, 0.4) is 0 Å². The van der Waals surface area contributed by atoms with Crippen LogP contribution in [0.2, 0.25) is 0 Å². The smallest absolute Gasteiger partial charge is 0.726 e. The van der Waals surface area contributed by atoms with Crippen molar-refractivity contribution in [3.05, 3.63) is 0 Å². The van der Waals surface area contributed by atoms with Gasteiger partial charge in [0.2, 0.25) is 10.4 Å². The van der Waals surface area contributed by atoms with Crippen LogP contribution < -0.4 is 51.4 Å². The first-order valence-corrected chi connectivity index (χ1v) is 5.53. The van der Waals surface area contributed by atoms with E-state index < -0.39 is 48.0 Å². The van der Waals surface area contributed by atoms with E-state index in [-0.39, 0.29) is 51.4 Å². The minimum Gasteiger partial charge on any atom is -0.726 e. The Morgan fingerprint density at radius 3 is 1.17 bits per heavy atom. The molecule has 0 rings (SSSR count). The largest absolute Gasteiger partial charge is 1.00 e. The Morgan fingerprint density at radius 1 is 0.889 bits per heavy atom. The summed E-state index contributed by atoms with van der Waals surface area (Å²) < 4.78 is 32.8. The first kappa shape index (κ1) is 24.3. The molecule has 0 aromatic rings. The van der Waals surface area contributed by atoms with Crippen molar-refractivity contribution in [2.24, 2.45) is 0 Å². The first-order valence-electron chi connectivity index (χ1n) is 4.16. The first-order chi connectivity index (χ1) is 7.54. The molecule has 0 saturated carbocycles. The molecule has 0 aromatic heterocycles. The second-order valence-corrected chi connectivity index (χ2v) is 3.76. The molecule has 0 fully saturated rings. The molecule has 7 N–H and O–H groups in total. The number of aliphatic hydroxyl groups excluding tert-OH is 6. The van der Waals surface area contributed by atoms with Crippen LogP contribution in [0.1, 0.15) is 0 Å². The van der Waals surface area contributed by atoms with Crippen LogP contribution in [0.25, 0.3) is 0 Å². The zero-order valence-electron chi connectivity index (χ0n) is 9.49. The minimum absolute atomic E-state index is 0. The normalized spacial score (nSPS) is 17.6. The molecule has 0 unspecified atom stereocenters. The average Bonchev–Trinajstić information content (AvgIpc) is 2.22. The Morgan fingerprint density at radius 2 is 1.06 bits per heavy atom. The molecule has 0 aliphatic rings. The second-order valence-electron chi connectivity index (χ2n) is 2.91. The standard InChI is InChI=1S/C6H14O6.K.H2O4S/c7-1-3(9)5(11)6(12)4(10)2-8;;1-5(2,3)4/h3-12H,1-2H2;;(H2,1,2,3,4)/q;+1;/p-1/t3-,4+,5-,6-;;/m1../s1. The Hall–Kier alpha value is 1.27. The van der Waals surface area contributed by atoms with E-state index in [1.165, 1.54) is 0 Å². The molecule has 0 radical (unpaired) electrons. The van der Waals surface area contributed by atoms with E-state index in [0.717, 1.165) is 0 Å². The third-order valence-electron chi connectivity index (χ3n) is 1.51. The van der Waals surface area contributed by atoms with Crippen molar-refractivity contribution in [2.75, 3.05) is 13.2 Å². The van der Waals surface area contributed by atoms with E-state index >= 15 is 0 Å². The number of aliphatic hydroxyl groups is 6. The van der Waals surface area contributed by atoms with Crippen molar-refractivity contribution in [3.63, 3.8) is 0 Å². The van der Waals surface area contributed by atoms with Gasteiger partial charge in [0.05, 0.1) is 13.2 Å². The second kappa shape index (κ2) is 12.0. The molecule has 18 heavy (non-hydrogen) atoms. The van der Waals surface area contributed by atoms with Crippen molar-refractivity contribution in [1.82, 2.24) is 0 Å². The third-order valence-corrected chi connectivity index (χ3v) is 1.51. The zero-order chi connectivity index (χ0) is 14.2. The predicted octanol–water partition coefficient (Wildman–Crippen LogP) is -7.58. The molecule has 10 nitrogen and oxygen atoms in total. The van der Waals surface area contributed by atoms with Gasteiger partial charge < -0.3 is 35.2 Å². The minimum atomic E-state index is -4.92. The molecule has 106 valence electrons. The van der Waals surface area contributed by atoms with Gasteiger partial charge in [0, 0.05) is 0 Å². The van der Waals surface area contributed by atoms with Crippen LogP contribution >= 0.6 is 0 Å². The van der Waals surface area contributed by atoms with Gasteiger partial charge in [-0.1, -0.05) is 0 Å². The molecule has 0 aliphatic heterocycles. The summed E-state index contributed by atoms with van der Waals surface area (Å²) in [4.78, 5) is 0. The van der Waals surface area contributed by atoms with Gasteiger partial charge in [0.25, 0.3) is 0 Å². The molecule has 0 amide bonds. The molecular formula is C6H15KO10S. The van der Waals surface area contributed by atoms with E-state index in [1.807, 2.05) is 0 Å². The van der Waals surface area contributed by atoms with Crippen LogP contribution in [0.15, 0.2) is 0 Å². The Kier molecular flexibility index (Phi) is 16.3. The van der Waals surface area contributed by atoms with Gasteiger partial charge in [-0.25, -0.2) is 8.42 Å². The molecule has 4 atom stereocenters. The molecule has 0 saturated heterocycles. The van der Waals surface area contributed by atoms with E-state index in [9.17, 15) is 0 Å². The van der Waals surface area contributed by atoms with Crippen molar-refractivity contribution >= 4 is 10.4 Å². The zero-order valence-corrected chi connectivity index (χ0v) is 13.4. The van der Waals surface area contributed by atoms with Crippen molar-refractivity contribution in [1.29, 1.82) is 0 Å². The molecule has 0 spiro atoms. The van der Waals surface area contributed by atoms with Gasteiger partial charge in [-0.05, 0) is 0 Å².